The maximum Gasteiger partial charge on any atom is 0.257 e. The van der Waals surface area contributed by atoms with E-state index in [9.17, 15) is 4.79 Å². The van der Waals surface area contributed by atoms with Gasteiger partial charge in [-0.05, 0) is 36.6 Å². The Balaban J connectivity index is 1.46. The fraction of sp³-hybridized carbons (Fsp3) is 0.476. The zero-order valence-corrected chi connectivity index (χ0v) is 15.7. The molecule has 6 heteroatoms. The smallest absolute Gasteiger partial charge is 0.257 e. The number of carbonyl (C=O) groups excluding carboxylic acids is 1. The molecular formula is C21H26N2O4. The SMILES string of the molecule is COc1cccc([C@@H]2CCCN2C(=O)c2coc(CN3CCOCC3)c2)c1. The molecule has 1 aromatic carbocycles. The average molecular weight is 370 g/mol. The fourth-order valence-corrected chi connectivity index (χ4v) is 3.93. The lowest BCUT2D eigenvalue weighted by Crippen LogP contribution is -2.35. The van der Waals surface area contributed by atoms with Crippen LogP contribution in [0.1, 0.15) is 40.6 Å². The third-order valence-corrected chi connectivity index (χ3v) is 5.38. The van der Waals surface area contributed by atoms with Crippen LogP contribution in [0, 0.1) is 0 Å². The summed E-state index contributed by atoms with van der Waals surface area (Å²) < 4.78 is 16.4. The van der Waals surface area contributed by atoms with Gasteiger partial charge in [0.05, 0.1) is 38.5 Å². The number of hydrogen-bond acceptors (Lipinski definition) is 5. The van der Waals surface area contributed by atoms with E-state index in [1.807, 2.05) is 29.2 Å². The number of likely N-dealkylation sites (tertiary alicyclic amines) is 1. The van der Waals surface area contributed by atoms with Gasteiger partial charge in [0.2, 0.25) is 0 Å². The lowest BCUT2D eigenvalue weighted by Gasteiger charge is -2.25. The summed E-state index contributed by atoms with van der Waals surface area (Å²) in [5.74, 6) is 1.69. The molecule has 0 saturated carbocycles. The van der Waals surface area contributed by atoms with Crippen LogP contribution in [0.2, 0.25) is 0 Å². The third kappa shape index (κ3) is 4.01. The van der Waals surface area contributed by atoms with E-state index in [0.29, 0.717) is 5.56 Å². The molecule has 2 saturated heterocycles. The summed E-state index contributed by atoms with van der Waals surface area (Å²) in [7, 11) is 1.66. The Hall–Kier alpha value is -2.31. The summed E-state index contributed by atoms with van der Waals surface area (Å²) in [6, 6.07) is 9.98. The second-order valence-corrected chi connectivity index (χ2v) is 7.12. The third-order valence-electron chi connectivity index (χ3n) is 5.38. The highest BCUT2D eigenvalue weighted by Crippen LogP contribution is 2.34. The van der Waals surface area contributed by atoms with Crippen molar-refractivity contribution in [2.24, 2.45) is 0 Å². The first-order valence-corrected chi connectivity index (χ1v) is 9.57. The van der Waals surface area contributed by atoms with Crippen LogP contribution in [0.15, 0.2) is 41.0 Å². The number of methoxy groups -OCH3 is 1. The maximum absolute atomic E-state index is 13.1. The molecule has 6 nitrogen and oxygen atoms in total. The molecule has 0 bridgehead atoms. The molecule has 1 aromatic heterocycles. The Morgan fingerprint density at radius 1 is 1.22 bits per heavy atom. The topological polar surface area (TPSA) is 55.2 Å². The van der Waals surface area contributed by atoms with Gasteiger partial charge in [0, 0.05) is 19.6 Å². The normalized spacial score (nSPS) is 20.8. The van der Waals surface area contributed by atoms with E-state index < -0.39 is 0 Å². The van der Waals surface area contributed by atoms with E-state index in [1.165, 1.54) is 0 Å². The van der Waals surface area contributed by atoms with E-state index in [1.54, 1.807) is 13.4 Å². The van der Waals surface area contributed by atoms with Gasteiger partial charge in [-0.25, -0.2) is 0 Å². The van der Waals surface area contributed by atoms with E-state index in [2.05, 4.69) is 11.0 Å². The molecular weight excluding hydrogens is 344 g/mol. The number of hydrogen-bond donors (Lipinski definition) is 0. The predicted molar refractivity (Wildman–Crippen MR) is 101 cm³/mol. The molecule has 144 valence electrons. The molecule has 2 aliphatic heterocycles. The van der Waals surface area contributed by atoms with Gasteiger partial charge in [-0.1, -0.05) is 12.1 Å². The summed E-state index contributed by atoms with van der Waals surface area (Å²) in [6.45, 7) is 4.79. The maximum atomic E-state index is 13.1. The van der Waals surface area contributed by atoms with Crippen LogP contribution in [0.4, 0.5) is 0 Å². The quantitative estimate of drug-likeness (QED) is 0.810. The summed E-state index contributed by atoms with van der Waals surface area (Å²) in [5.41, 5.74) is 1.75. The summed E-state index contributed by atoms with van der Waals surface area (Å²) in [6.07, 6.45) is 3.57. The van der Waals surface area contributed by atoms with Gasteiger partial charge < -0.3 is 18.8 Å². The average Bonchev–Trinajstić information content (AvgIpc) is 3.38. The van der Waals surface area contributed by atoms with Crippen molar-refractivity contribution in [2.75, 3.05) is 40.0 Å². The highest BCUT2D eigenvalue weighted by atomic mass is 16.5. The van der Waals surface area contributed by atoms with Crippen molar-refractivity contribution in [3.63, 3.8) is 0 Å². The molecule has 0 unspecified atom stereocenters. The Bertz CT molecular complexity index is 782. The van der Waals surface area contributed by atoms with Crippen molar-refractivity contribution < 1.29 is 18.7 Å². The van der Waals surface area contributed by atoms with E-state index in [4.69, 9.17) is 13.9 Å². The number of morpholine rings is 1. The standard InChI is InChI=1S/C21H26N2O4/c1-25-18-5-2-4-16(12-18)20-6-3-7-23(20)21(24)17-13-19(27-15-17)14-22-8-10-26-11-9-22/h2,4-5,12-13,15,20H,3,6-11,14H2,1H3/t20-/m0/s1. The van der Waals surface area contributed by atoms with Gasteiger partial charge in [0.15, 0.2) is 0 Å². The van der Waals surface area contributed by atoms with Gasteiger partial charge in [-0.2, -0.15) is 0 Å². The molecule has 1 amide bonds. The zero-order valence-electron chi connectivity index (χ0n) is 15.7. The second kappa shape index (κ2) is 8.15. The van der Waals surface area contributed by atoms with E-state index in [0.717, 1.165) is 69.3 Å². The molecule has 0 spiro atoms. The number of amides is 1. The number of furan rings is 1. The van der Waals surface area contributed by atoms with Crippen LogP contribution in [-0.2, 0) is 11.3 Å². The Morgan fingerprint density at radius 2 is 2.07 bits per heavy atom. The minimum atomic E-state index is 0.0392. The zero-order chi connectivity index (χ0) is 18.6. The van der Waals surface area contributed by atoms with Gasteiger partial charge in [0.25, 0.3) is 5.91 Å². The largest absolute Gasteiger partial charge is 0.497 e. The molecule has 0 aliphatic carbocycles. The predicted octanol–water partition coefficient (Wildman–Crippen LogP) is 3.10. The second-order valence-electron chi connectivity index (χ2n) is 7.12. The summed E-state index contributed by atoms with van der Waals surface area (Å²) in [4.78, 5) is 17.3. The minimum Gasteiger partial charge on any atom is -0.497 e. The van der Waals surface area contributed by atoms with Gasteiger partial charge in [0.1, 0.15) is 17.8 Å². The molecule has 2 aliphatic rings. The number of carbonyl (C=O) groups is 1. The minimum absolute atomic E-state index is 0.0392. The highest BCUT2D eigenvalue weighted by Gasteiger charge is 2.31. The number of benzene rings is 1. The first-order chi connectivity index (χ1) is 13.2. The van der Waals surface area contributed by atoms with E-state index in [-0.39, 0.29) is 11.9 Å². The Labute approximate surface area is 159 Å². The fourth-order valence-electron chi connectivity index (χ4n) is 3.93. The molecule has 0 N–H and O–H groups in total. The lowest BCUT2D eigenvalue weighted by molar-refractivity contribution is 0.0313. The molecule has 3 heterocycles. The van der Waals surface area contributed by atoms with Crippen molar-refractivity contribution in [2.45, 2.75) is 25.4 Å². The Morgan fingerprint density at radius 3 is 2.89 bits per heavy atom. The number of rotatable bonds is 5. The van der Waals surface area contributed by atoms with Crippen LogP contribution in [-0.4, -0.2) is 55.7 Å². The molecule has 27 heavy (non-hydrogen) atoms. The first kappa shape index (κ1) is 18.1. The number of ether oxygens (including phenoxy) is 2. The molecule has 0 radical (unpaired) electrons. The molecule has 1 atom stereocenters. The van der Waals surface area contributed by atoms with Gasteiger partial charge in [-0.3, -0.25) is 9.69 Å². The van der Waals surface area contributed by atoms with Crippen molar-refractivity contribution in [1.82, 2.24) is 9.80 Å². The van der Waals surface area contributed by atoms with Crippen LogP contribution >= 0.6 is 0 Å². The first-order valence-electron chi connectivity index (χ1n) is 9.57. The summed E-state index contributed by atoms with van der Waals surface area (Å²) >= 11 is 0. The number of nitrogens with zero attached hydrogens (tertiary/aromatic N) is 2. The van der Waals surface area contributed by atoms with Crippen molar-refractivity contribution >= 4 is 5.91 Å². The van der Waals surface area contributed by atoms with Crippen LogP contribution in [0.5, 0.6) is 5.75 Å². The molecule has 4 rings (SSSR count). The van der Waals surface area contributed by atoms with Crippen molar-refractivity contribution in [3.05, 3.63) is 53.5 Å². The Kier molecular flexibility index (Phi) is 5.45. The monoisotopic (exact) mass is 370 g/mol. The van der Waals surface area contributed by atoms with Crippen molar-refractivity contribution in [1.29, 1.82) is 0 Å². The van der Waals surface area contributed by atoms with Gasteiger partial charge in [-0.15, -0.1) is 0 Å². The van der Waals surface area contributed by atoms with Crippen LogP contribution in [0.3, 0.4) is 0 Å². The highest BCUT2D eigenvalue weighted by molar-refractivity contribution is 5.94. The molecule has 2 fully saturated rings. The van der Waals surface area contributed by atoms with Crippen LogP contribution < -0.4 is 4.74 Å². The van der Waals surface area contributed by atoms with E-state index >= 15 is 0 Å². The van der Waals surface area contributed by atoms with Crippen molar-refractivity contribution in [3.8, 4) is 5.75 Å². The summed E-state index contributed by atoms with van der Waals surface area (Å²) in [5, 5.41) is 0. The van der Waals surface area contributed by atoms with Crippen LogP contribution in [0.25, 0.3) is 0 Å². The molecule has 2 aromatic rings. The lowest BCUT2D eigenvalue weighted by atomic mass is 10.0. The van der Waals surface area contributed by atoms with Gasteiger partial charge >= 0.3 is 0 Å².